The third kappa shape index (κ3) is 3.47. The molecule has 0 unspecified atom stereocenters. The summed E-state index contributed by atoms with van der Waals surface area (Å²) in [5.41, 5.74) is 4.01. The second-order valence-corrected chi connectivity index (χ2v) is 6.99. The number of nitrogens with zero attached hydrogens (tertiary/aromatic N) is 5. The van der Waals surface area contributed by atoms with Crippen LogP contribution in [-0.2, 0) is 13.6 Å². The third-order valence-electron chi connectivity index (χ3n) is 5.27. The van der Waals surface area contributed by atoms with E-state index < -0.39 is 0 Å². The molecule has 3 aromatic rings. The van der Waals surface area contributed by atoms with Crippen molar-refractivity contribution >= 4 is 11.2 Å². The topological polar surface area (TPSA) is 65.3 Å². The highest BCUT2D eigenvalue weighted by Gasteiger charge is 2.27. The largest absolute Gasteiger partial charge is 0.497 e. The van der Waals surface area contributed by atoms with Gasteiger partial charge >= 0.3 is 0 Å². The maximum atomic E-state index is 5.56. The Morgan fingerprint density at radius 3 is 2.81 bits per heavy atom. The van der Waals surface area contributed by atoms with Crippen molar-refractivity contribution < 1.29 is 9.47 Å². The number of aromatic nitrogens is 4. The molecule has 0 bridgehead atoms. The van der Waals surface area contributed by atoms with Gasteiger partial charge in [0, 0.05) is 50.1 Å². The first-order valence-electron chi connectivity index (χ1n) is 9.26. The minimum absolute atomic E-state index is 0.364. The zero-order valence-corrected chi connectivity index (χ0v) is 16.1. The van der Waals surface area contributed by atoms with E-state index in [1.165, 1.54) is 5.56 Å². The fraction of sp³-hybridized carbons (Fsp3) is 0.450. The van der Waals surface area contributed by atoms with E-state index in [1.54, 1.807) is 26.6 Å². The van der Waals surface area contributed by atoms with Crippen LogP contribution >= 0.6 is 0 Å². The van der Waals surface area contributed by atoms with Gasteiger partial charge in [-0.1, -0.05) is 6.07 Å². The first kappa shape index (κ1) is 17.7. The van der Waals surface area contributed by atoms with E-state index in [1.807, 2.05) is 23.9 Å². The maximum Gasteiger partial charge on any atom is 0.176 e. The molecule has 1 aliphatic rings. The van der Waals surface area contributed by atoms with Crippen LogP contribution in [0.15, 0.2) is 30.6 Å². The number of fused-ring (bicyclic) bond motifs is 1. The van der Waals surface area contributed by atoms with Crippen molar-refractivity contribution in [3.63, 3.8) is 0 Å². The molecule has 0 saturated carbocycles. The molecule has 142 valence electrons. The van der Waals surface area contributed by atoms with Crippen LogP contribution in [-0.4, -0.2) is 52.0 Å². The predicted octanol–water partition coefficient (Wildman–Crippen LogP) is 2.76. The van der Waals surface area contributed by atoms with Gasteiger partial charge in [0.15, 0.2) is 5.65 Å². The van der Waals surface area contributed by atoms with Gasteiger partial charge in [0.05, 0.1) is 19.9 Å². The van der Waals surface area contributed by atoms with Gasteiger partial charge in [-0.15, -0.1) is 0 Å². The molecule has 1 aliphatic heterocycles. The van der Waals surface area contributed by atoms with Crippen LogP contribution in [0.25, 0.3) is 11.2 Å². The first-order valence-corrected chi connectivity index (χ1v) is 9.26. The summed E-state index contributed by atoms with van der Waals surface area (Å²) in [4.78, 5) is 11.4. The maximum absolute atomic E-state index is 5.56. The fourth-order valence-electron chi connectivity index (χ4n) is 3.93. The second kappa shape index (κ2) is 7.52. The predicted molar refractivity (Wildman–Crippen MR) is 103 cm³/mol. The number of hydrogen-bond donors (Lipinski definition) is 0. The lowest BCUT2D eigenvalue weighted by Crippen LogP contribution is -2.34. The van der Waals surface area contributed by atoms with E-state index >= 15 is 0 Å². The SMILES string of the molecule is COc1ccc(CN2CCC[C@H](c3nn(C)c4nccnc34)C2)c(OC)c1. The number of methoxy groups -OCH3 is 2. The van der Waals surface area contributed by atoms with Crippen LogP contribution in [0.2, 0.25) is 0 Å². The molecule has 4 rings (SSSR count). The van der Waals surface area contributed by atoms with Gasteiger partial charge < -0.3 is 9.47 Å². The van der Waals surface area contributed by atoms with Gasteiger partial charge in [-0.05, 0) is 25.5 Å². The Hall–Kier alpha value is -2.67. The average Bonchev–Trinajstić information content (AvgIpc) is 3.05. The molecule has 2 aromatic heterocycles. The first-order chi connectivity index (χ1) is 13.2. The Balaban J connectivity index is 1.55. The molecule has 7 nitrogen and oxygen atoms in total. The summed E-state index contributed by atoms with van der Waals surface area (Å²) in [5, 5.41) is 4.74. The Morgan fingerprint density at radius 1 is 1.15 bits per heavy atom. The summed E-state index contributed by atoms with van der Waals surface area (Å²) in [5.74, 6) is 2.04. The van der Waals surface area contributed by atoms with Crippen LogP contribution in [0, 0.1) is 0 Å². The van der Waals surface area contributed by atoms with Crippen LogP contribution in [0.3, 0.4) is 0 Å². The molecule has 0 amide bonds. The zero-order chi connectivity index (χ0) is 18.8. The molecule has 0 aliphatic carbocycles. The zero-order valence-electron chi connectivity index (χ0n) is 16.1. The minimum atomic E-state index is 0.364. The molecular formula is C20H25N5O2. The molecule has 0 N–H and O–H groups in total. The highest BCUT2D eigenvalue weighted by atomic mass is 16.5. The highest BCUT2D eigenvalue weighted by molar-refractivity contribution is 5.73. The molecule has 0 spiro atoms. The third-order valence-corrected chi connectivity index (χ3v) is 5.27. The number of piperidine rings is 1. The summed E-state index contributed by atoms with van der Waals surface area (Å²) in [6, 6.07) is 6.02. The number of benzene rings is 1. The van der Waals surface area contributed by atoms with Crippen molar-refractivity contribution in [3.8, 4) is 11.5 Å². The second-order valence-electron chi connectivity index (χ2n) is 6.99. The number of aryl methyl sites for hydroxylation is 1. The molecule has 1 saturated heterocycles. The van der Waals surface area contributed by atoms with Gasteiger partial charge in [0.25, 0.3) is 0 Å². The summed E-state index contributed by atoms with van der Waals surface area (Å²) in [7, 11) is 5.31. The van der Waals surface area contributed by atoms with Gasteiger partial charge in [-0.3, -0.25) is 4.90 Å². The Labute approximate surface area is 158 Å². The van der Waals surface area contributed by atoms with E-state index in [9.17, 15) is 0 Å². The monoisotopic (exact) mass is 367 g/mol. The summed E-state index contributed by atoms with van der Waals surface area (Å²) < 4.78 is 12.7. The van der Waals surface area contributed by atoms with Gasteiger partial charge in [-0.25, -0.2) is 14.6 Å². The van der Waals surface area contributed by atoms with Crippen molar-refractivity contribution in [2.24, 2.45) is 7.05 Å². The normalized spacial score (nSPS) is 18.0. The highest BCUT2D eigenvalue weighted by Crippen LogP contribution is 2.32. The number of hydrogen-bond acceptors (Lipinski definition) is 6. The van der Waals surface area contributed by atoms with Crippen molar-refractivity contribution in [1.82, 2.24) is 24.6 Å². The molecule has 1 fully saturated rings. The standard InChI is InChI=1S/C20H25N5O2/c1-24-20-19(21-8-9-22-20)18(23-24)15-5-4-10-25(13-15)12-14-6-7-16(26-2)11-17(14)27-3/h6-9,11,15H,4-5,10,12-13H2,1-3H3/t15-/m0/s1. The molecule has 0 radical (unpaired) electrons. The lowest BCUT2D eigenvalue weighted by atomic mass is 9.94. The van der Waals surface area contributed by atoms with Crippen molar-refractivity contribution in [1.29, 1.82) is 0 Å². The van der Waals surface area contributed by atoms with Crippen LogP contribution in [0.4, 0.5) is 0 Å². The van der Waals surface area contributed by atoms with E-state index in [4.69, 9.17) is 14.6 Å². The van der Waals surface area contributed by atoms with Crippen molar-refractivity contribution in [2.45, 2.75) is 25.3 Å². The Bertz CT molecular complexity index is 939. The van der Waals surface area contributed by atoms with Crippen molar-refractivity contribution in [2.75, 3.05) is 27.3 Å². The van der Waals surface area contributed by atoms with Crippen molar-refractivity contribution in [3.05, 3.63) is 41.9 Å². The minimum Gasteiger partial charge on any atom is -0.497 e. The summed E-state index contributed by atoms with van der Waals surface area (Å²) in [6.45, 7) is 2.88. The molecule has 3 heterocycles. The molecule has 27 heavy (non-hydrogen) atoms. The fourth-order valence-corrected chi connectivity index (χ4v) is 3.93. The summed E-state index contributed by atoms with van der Waals surface area (Å²) >= 11 is 0. The van der Waals surface area contributed by atoms with Crippen LogP contribution in [0.5, 0.6) is 11.5 Å². The smallest absolute Gasteiger partial charge is 0.176 e. The number of ether oxygens (including phenoxy) is 2. The van der Waals surface area contributed by atoms with E-state index in [-0.39, 0.29) is 0 Å². The van der Waals surface area contributed by atoms with Gasteiger partial charge in [0.1, 0.15) is 17.0 Å². The van der Waals surface area contributed by atoms with E-state index in [2.05, 4.69) is 20.9 Å². The summed E-state index contributed by atoms with van der Waals surface area (Å²) in [6.07, 6.45) is 5.73. The lowest BCUT2D eigenvalue weighted by Gasteiger charge is -2.32. The average molecular weight is 367 g/mol. The number of rotatable bonds is 5. The Kier molecular flexibility index (Phi) is 4.94. The molecule has 1 aromatic carbocycles. The van der Waals surface area contributed by atoms with Crippen LogP contribution in [0.1, 0.15) is 30.0 Å². The lowest BCUT2D eigenvalue weighted by molar-refractivity contribution is 0.196. The number of likely N-dealkylation sites (tertiary alicyclic amines) is 1. The molecule has 1 atom stereocenters. The van der Waals surface area contributed by atoms with E-state index in [0.717, 1.165) is 60.8 Å². The van der Waals surface area contributed by atoms with E-state index in [0.29, 0.717) is 5.92 Å². The molecular weight excluding hydrogens is 342 g/mol. The van der Waals surface area contributed by atoms with Gasteiger partial charge in [0.2, 0.25) is 0 Å². The van der Waals surface area contributed by atoms with Gasteiger partial charge in [-0.2, -0.15) is 5.10 Å². The Morgan fingerprint density at radius 2 is 2.00 bits per heavy atom. The molecule has 7 heteroatoms. The quantitative estimate of drug-likeness (QED) is 0.691. The van der Waals surface area contributed by atoms with Crippen LogP contribution < -0.4 is 9.47 Å².